The molecule has 1 N–H and O–H groups in total. The molecular formula is C16H27NO3. The molecule has 1 atom stereocenters. The number of nitrogens with one attached hydrogen (secondary N) is 1. The van der Waals surface area contributed by atoms with Gasteiger partial charge in [0.1, 0.15) is 0 Å². The molecule has 0 saturated heterocycles. The summed E-state index contributed by atoms with van der Waals surface area (Å²) in [4.78, 5) is 0. The first kappa shape index (κ1) is 16.6. The average Bonchev–Trinajstić information content (AvgIpc) is 2.46. The summed E-state index contributed by atoms with van der Waals surface area (Å²) in [6, 6.07) is 4.42. The van der Waals surface area contributed by atoms with Crippen LogP contribution in [0.3, 0.4) is 0 Å². The summed E-state index contributed by atoms with van der Waals surface area (Å²) < 4.78 is 16.2. The lowest BCUT2D eigenvalue weighted by Crippen LogP contribution is -2.32. The van der Waals surface area contributed by atoms with Crippen molar-refractivity contribution in [2.45, 2.75) is 39.8 Å². The molecule has 0 aromatic heterocycles. The molecule has 1 unspecified atom stereocenters. The van der Waals surface area contributed by atoms with Gasteiger partial charge >= 0.3 is 0 Å². The summed E-state index contributed by atoms with van der Waals surface area (Å²) in [7, 11) is 4.90. The minimum absolute atomic E-state index is 0.493. The first-order valence-electron chi connectivity index (χ1n) is 7.10. The summed E-state index contributed by atoms with van der Waals surface area (Å²) in [6.07, 6.45) is 1.10. The van der Waals surface area contributed by atoms with E-state index < -0.39 is 0 Å². The van der Waals surface area contributed by atoms with Gasteiger partial charge in [-0.1, -0.05) is 26.8 Å². The van der Waals surface area contributed by atoms with E-state index in [4.69, 9.17) is 14.2 Å². The molecule has 0 radical (unpaired) electrons. The van der Waals surface area contributed by atoms with Crippen molar-refractivity contribution in [1.29, 1.82) is 0 Å². The number of methoxy groups -OCH3 is 3. The van der Waals surface area contributed by atoms with E-state index in [1.807, 2.05) is 12.1 Å². The SMILES string of the molecule is CCC(NCc1ccc(OC)c(OC)c1OC)C(C)C. The van der Waals surface area contributed by atoms with Crippen LogP contribution in [0.2, 0.25) is 0 Å². The monoisotopic (exact) mass is 281 g/mol. The Labute approximate surface area is 122 Å². The van der Waals surface area contributed by atoms with Gasteiger partial charge < -0.3 is 19.5 Å². The number of hydrogen-bond donors (Lipinski definition) is 1. The van der Waals surface area contributed by atoms with Gasteiger partial charge in [0, 0.05) is 18.2 Å². The zero-order valence-electron chi connectivity index (χ0n) is 13.4. The van der Waals surface area contributed by atoms with Crippen molar-refractivity contribution in [2.75, 3.05) is 21.3 Å². The number of rotatable bonds is 8. The molecule has 20 heavy (non-hydrogen) atoms. The highest BCUT2D eigenvalue weighted by Gasteiger charge is 2.17. The molecule has 0 heterocycles. The maximum atomic E-state index is 5.49. The topological polar surface area (TPSA) is 39.7 Å². The van der Waals surface area contributed by atoms with E-state index in [0.29, 0.717) is 23.5 Å². The van der Waals surface area contributed by atoms with Gasteiger partial charge in [0.05, 0.1) is 21.3 Å². The van der Waals surface area contributed by atoms with E-state index >= 15 is 0 Å². The van der Waals surface area contributed by atoms with E-state index in [1.165, 1.54) is 0 Å². The Hall–Kier alpha value is -1.42. The maximum absolute atomic E-state index is 5.49. The Kier molecular flexibility index (Phi) is 6.65. The molecule has 0 aliphatic carbocycles. The van der Waals surface area contributed by atoms with Crippen LogP contribution in [0.15, 0.2) is 12.1 Å². The van der Waals surface area contributed by atoms with Gasteiger partial charge in [0.2, 0.25) is 5.75 Å². The minimum atomic E-state index is 0.493. The maximum Gasteiger partial charge on any atom is 0.203 e. The van der Waals surface area contributed by atoms with Crippen molar-refractivity contribution in [3.8, 4) is 17.2 Å². The molecule has 0 bridgehead atoms. The third-order valence-electron chi connectivity index (χ3n) is 3.58. The van der Waals surface area contributed by atoms with Gasteiger partial charge in [0.15, 0.2) is 11.5 Å². The van der Waals surface area contributed by atoms with Gasteiger partial charge in [-0.15, -0.1) is 0 Å². The number of ether oxygens (including phenoxy) is 3. The highest BCUT2D eigenvalue weighted by atomic mass is 16.5. The number of benzene rings is 1. The lowest BCUT2D eigenvalue weighted by molar-refractivity contribution is 0.319. The van der Waals surface area contributed by atoms with Crippen LogP contribution in [0.5, 0.6) is 17.2 Å². The third-order valence-corrected chi connectivity index (χ3v) is 3.58. The Morgan fingerprint density at radius 1 is 1.00 bits per heavy atom. The van der Waals surface area contributed by atoms with Crippen LogP contribution < -0.4 is 19.5 Å². The molecule has 1 aromatic carbocycles. The van der Waals surface area contributed by atoms with Gasteiger partial charge in [0.25, 0.3) is 0 Å². The van der Waals surface area contributed by atoms with Crippen LogP contribution >= 0.6 is 0 Å². The molecule has 1 aromatic rings. The van der Waals surface area contributed by atoms with E-state index in [2.05, 4.69) is 26.1 Å². The predicted molar refractivity (Wildman–Crippen MR) is 81.9 cm³/mol. The Morgan fingerprint density at radius 2 is 1.65 bits per heavy atom. The molecular weight excluding hydrogens is 254 g/mol. The molecule has 4 nitrogen and oxygen atoms in total. The summed E-state index contributed by atoms with van der Waals surface area (Å²) in [5.41, 5.74) is 1.07. The van der Waals surface area contributed by atoms with Crippen LogP contribution in [-0.4, -0.2) is 27.4 Å². The second kappa shape index (κ2) is 8.00. The van der Waals surface area contributed by atoms with Crippen molar-refractivity contribution in [3.05, 3.63) is 17.7 Å². The van der Waals surface area contributed by atoms with E-state index in [1.54, 1.807) is 21.3 Å². The van der Waals surface area contributed by atoms with E-state index in [-0.39, 0.29) is 0 Å². The zero-order chi connectivity index (χ0) is 15.1. The van der Waals surface area contributed by atoms with E-state index in [0.717, 1.165) is 24.3 Å². The van der Waals surface area contributed by atoms with Crippen molar-refractivity contribution < 1.29 is 14.2 Å². The Morgan fingerprint density at radius 3 is 2.10 bits per heavy atom. The molecule has 0 spiro atoms. The smallest absolute Gasteiger partial charge is 0.203 e. The molecule has 1 rings (SSSR count). The van der Waals surface area contributed by atoms with E-state index in [9.17, 15) is 0 Å². The second-order valence-electron chi connectivity index (χ2n) is 5.13. The second-order valence-corrected chi connectivity index (χ2v) is 5.13. The third kappa shape index (κ3) is 3.79. The number of hydrogen-bond acceptors (Lipinski definition) is 4. The van der Waals surface area contributed by atoms with Crippen LogP contribution in [0.1, 0.15) is 32.8 Å². The summed E-state index contributed by atoms with van der Waals surface area (Å²) in [6.45, 7) is 7.41. The molecule has 0 amide bonds. The van der Waals surface area contributed by atoms with Crippen LogP contribution in [0, 0.1) is 5.92 Å². The molecule has 0 fully saturated rings. The Balaban J connectivity index is 2.95. The van der Waals surface area contributed by atoms with Crippen molar-refractivity contribution in [3.63, 3.8) is 0 Å². The molecule has 4 heteroatoms. The van der Waals surface area contributed by atoms with Gasteiger partial charge in [-0.05, 0) is 18.4 Å². The summed E-state index contributed by atoms with van der Waals surface area (Å²) in [5, 5.41) is 3.57. The first-order valence-corrected chi connectivity index (χ1v) is 7.10. The van der Waals surface area contributed by atoms with Crippen molar-refractivity contribution in [1.82, 2.24) is 5.32 Å². The molecule has 0 saturated carbocycles. The zero-order valence-corrected chi connectivity index (χ0v) is 13.4. The van der Waals surface area contributed by atoms with Crippen molar-refractivity contribution >= 4 is 0 Å². The average molecular weight is 281 g/mol. The fraction of sp³-hybridized carbons (Fsp3) is 0.625. The lowest BCUT2D eigenvalue weighted by atomic mass is 10.0. The highest BCUT2D eigenvalue weighted by Crippen LogP contribution is 2.39. The fourth-order valence-electron chi connectivity index (χ4n) is 2.39. The Bertz CT molecular complexity index is 418. The lowest BCUT2D eigenvalue weighted by Gasteiger charge is -2.22. The first-order chi connectivity index (χ1) is 9.58. The van der Waals surface area contributed by atoms with Gasteiger partial charge in [-0.25, -0.2) is 0 Å². The summed E-state index contributed by atoms with van der Waals surface area (Å²) in [5.74, 6) is 2.67. The molecule has 0 aliphatic rings. The van der Waals surface area contributed by atoms with Gasteiger partial charge in [-0.3, -0.25) is 0 Å². The normalized spacial score (nSPS) is 12.3. The fourth-order valence-corrected chi connectivity index (χ4v) is 2.39. The standard InChI is InChI=1S/C16H27NO3/c1-7-13(11(2)3)17-10-12-8-9-14(18-4)16(20-6)15(12)19-5/h8-9,11,13,17H,7,10H2,1-6H3. The predicted octanol–water partition coefficient (Wildman–Crippen LogP) is 3.24. The minimum Gasteiger partial charge on any atom is -0.493 e. The van der Waals surface area contributed by atoms with Crippen molar-refractivity contribution in [2.24, 2.45) is 5.92 Å². The quantitative estimate of drug-likeness (QED) is 0.794. The summed E-state index contributed by atoms with van der Waals surface area (Å²) >= 11 is 0. The molecule has 0 aliphatic heterocycles. The van der Waals surface area contributed by atoms with Crippen LogP contribution in [-0.2, 0) is 6.54 Å². The highest BCUT2D eigenvalue weighted by molar-refractivity contribution is 5.55. The molecule has 114 valence electrons. The van der Waals surface area contributed by atoms with Crippen LogP contribution in [0.4, 0.5) is 0 Å². The van der Waals surface area contributed by atoms with Crippen LogP contribution in [0.25, 0.3) is 0 Å². The largest absolute Gasteiger partial charge is 0.493 e. The van der Waals surface area contributed by atoms with Gasteiger partial charge in [-0.2, -0.15) is 0 Å².